The first-order valence-electron chi connectivity index (χ1n) is 5.60. The maximum atomic E-state index is 5.29. The van der Waals surface area contributed by atoms with E-state index in [4.69, 9.17) is 5.84 Å². The van der Waals surface area contributed by atoms with Crippen molar-refractivity contribution in [3.05, 3.63) is 48.7 Å². The molecule has 0 aliphatic carbocycles. The number of rotatable bonds is 4. The van der Waals surface area contributed by atoms with Gasteiger partial charge in [0.2, 0.25) is 0 Å². The van der Waals surface area contributed by atoms with Crippen LogP contribution in [0.5, 0.6) is 0 Å². The molecule has 0 amide bonds. The molecule has 0 saturated heterocycles. The molecule has 4 nitrogen and oxygen atoms in total. The molecule has 0 fully saturated rings. The monoisotopic (exact) mass is 228 g/mol. The second-order valence-corrected chi connectivity index (χ2v) is 3.63. The van der Waals surface area contributed by atoms with Gasteiger partial charge in [-0.2, -0.15) is 0 Å². The van der Waals surface area contributed by atoms with E-state index < -0.39 is 0 Å². The maximum Gasteiger partial charge on any atom is 0.140 e. The lowest BCUT2D eigenvalue weighted by molar-refractivity contribution is 1.01. The second-order valence-electron chi connectivity index (χ2n) is 3.63. The molecule has 1 aromatic heterocycles. The minimum atomic E-state index is 0.665. The summed E-state index contributed by atoms with van der Waals surface area (Å²) in [5.41, 5.74) is 4.73. The minimum Gasteiger partial charge on any atom is -0.341 e. The Morgan fingerprint density at radius 1 is 1.12 bits per heavy atom. The Kier molecular flexibility index (Phi) is 3.57. The highest BCUT2D eigenvalue weighted by molar-refractivity contribution is 5.63. The molecule has 0 atom stereocenters. The number of nitrogens with two attached hydrogens (primary N) is 1. The Bertz CT molecular complexity index is 453. The summed E-state index contributed by atoms with van der Waals surface area (Å²) >= 11 is 0. The van der Waals surface area contributed by atoms with Gasteiger partial charge in [-0.15, -0.1) is 0 Å². The molecule has 2 aromatic rings. The summed E-state index contributed by atoms with van der Waals surface area (Å²) in [5, 5.41) is 0. The largest absolute Gasteiger partial charge is 0.341 e. The molecule has 4 heteroatoms. The van der Waals surface area contributed by atoms with Crippen LogP contribution in [0.15, 0.2) is 48.7 Å². The van der Waals surface area contributed by atoms with Crippen molar-refractivity contribution in [2.75, 3.05) is 16.9 Å². The highest BCUT2D eigenvalue weighted by atomic mass is 15.2. The van der Waals surface area contributed by atoms with Crippen molar-refractivity contribution in [2.45, 2.75) is 6.92 Å². The van der Waals surface area contributed by atoms with Crippen LogP contribution in [0.1, 0.15) is 6.92 Å². The number of nitrogens with zero attached hydrogens (tertiary/aromatic N) is 2. The molecule has 0 aliphatic rings. The van der Waals surface area contributed by atoms with Gasteiger partial charge in [-0.1, -0.05) is 18.2 Å². The van der Waals surface area contributed by atoms with Gasteiger partial charge in [0.1, 0.15) is 5.82 Å². The van der Waals surface area contributed by atoms with Crippen molar-refractivity contribution in [1.29, 1.82) is 0 Å². The summed E-state index contributed by atoms with van der Waals surface area (Å²) in [4.78, 5) is 6.40. The smallest absolute Gasteiger partial charge is 0.140 e. The predicted octanol–water partition coefficient (Wildman–Crippen LogP) is 2.53. The molecule has 0 saturated carbocycles. The first kappa shape index (κ1) is 11.4. The second kappa shape index (κ2) is 5.32. The van der Waals surface area contributed by atoms with Crippen LogP contribution in [0, 0.1) is 0 Å². The van der Waals surface area contributed by atoms with Crippen molar-refractivity contribution in [2.24, 2.45) is 5.84 Å². The third-order valence-electron chi connectivity index (χ3n) is 2.59. The molecule has 0 unspecified atom stereocenters. The third-order valence-corrected chi connectivity index (χ3v) is 2.59. The quantitative estimate of drug-likeness (QED) is 0.623. The predicted molar refractivity (Wildman–Crippen MR) is 71.2 cm³/mol. The summed E-state index contributed by atoms with van der Waals surface area (Å²) in [6, 6.07) is 14.1. The van der Waals surface area contributed by atoms with Crippen LogP contribution in [0.25, 0.3) is 0 Å². The van der Waals surface area contributed by atoms with Gasteiger partial charge >= 0.3 is 0 Å². The van der Waals surface area contributed by atoms with Crippen LogP contribution in [-0.4, -0.2) is 11.5 Å². The Balaban J connectivity index is 2.29. The molecule has 3 N–H and O–H groups in total. The van der Waals surface area contributed by atoms with Crippen molar-refractivity contribution in [1.82, 2.24) is 4.98 Å². The summed E-state index contributed by atoms with van der Waals surface area (Å²) < 4.78 is 0. The standard InChI is InChI=1S/C13H16N4/c1-2-17(11-6-4-3-5-7-11)12-8-9-13(16-14)15-10-12/h3-10H,2,14H2,1H3,(H,15,16). The molecule has 1 heterocycles. The third kappa shape index (κ3) is 2.54. The van der Waals surface area contributed by atoms with Gasteiger partial charge < -0.3 is 10.3 Å². The zero-order chi connectivity index (χ0) is 12.1. The molecule has 2 rings (SSSR count). The normalized spacial score (nSPS) is 10.0. The summed E-state index contributed by atoms with van der Waals surface area (Å²) in [7, 11) is 0. The Hall–Kier alpha value is -2.07. The highest BCUT2D eigenvalue weighted by Gasteiger charge is 2.06. The number of hydrogen-bond donors (Lipinski definition) is 2. The topological polar surface area (TPSA) is 54.2 Å². The lowest BCUT2D eigenvalue weighted by Gasteiger charge is -2.22. The molecule has 1 aromatic carbocycles. The van der Waals surface area contributed by atoms with Crippen molar-refractivity contribution in [3.63, 3.8) is 0 Å². The number of nitrogen functional groups attached to an aromatic ring is 1. The van der Waals surface area contributed by atoms with E-state index in [0.717, 1.165) is 17.9 Å². The maximum absolute atomic E-state index is 5.29. The number of hydrazine groups is 1. The van der Waals surface area contributed by atoms with E-state index in [1.165, 1.54) is 0 Å². The average molecular weight is 228 g/mol. The van der Waals surface area contributed by atoms with E-state index in [0.29, 0.717) is 5.82 Å². The van der Waals surface area contributed by atoms with Gasteiger partial charge in [0.25, 0.3) is 0 Å². The van der Waals surface area contributed by atoms with E-state index in [9.17, 15) is 0 Å². The summed E-state index contributed by atoms with van der Waals surface area (Å²) in [5.74, 6) is 5.96. The van der Waals surface area contributed by atoms with E-state index >= 15 is 0 Å². The fourth-order valence-electron chi connectivity index (χ4n) is 1.75. The molecule has 0 aliphatic heterocycles. The summed E-state index contributed by atoms with van der Waals surface area (Å²) in [6.07, 6.45) is 1.81. The number of anilines is 3. The van der Waals surface area contributed by atoms with Gasteiger partial charge in [0.05, 0.1) is 11.9 Å². The zero-order valence-electron chi connectivity index (χ0n) is 9.80. The van der Waals surface area contributed by atoms with Gasteiger partial charge in [0, 0.05) is 12.2 Å². The molecular formula is C13H16N4. The number of aromatic nitrogens is 1. The molecule has 88 valence electrons. The Morgan fingerprint density at radius 3 is 2.41 bits per heavy atom. The van der Waals surface area contributed by atoms with Crippen LogP contribution in [0.3, 0.4) is 0 Å². The molecule has 0 spiro atoms. The minimum absolute atomic E-state index is 0.665. The van der Waals surface area contributed by atoms with Gasteiger partial charge in [-0.25, -0.2) is 10.8 Å². The Labute approximate surface area is 101 Å². The zero-order valence-corrected chi connectivity index (χ0v) is 9.80. The van der Waals surface area contributed by atoms with E-state index in [1.807, 2.05) is 36.5 Å². The van der Waals surface area contributed by atoms with Crippen LogP contribution < -0.4 is 16.2 Å². The van der Waals surface area contributed by atoms with E-state index in [1.54, 1.807) is 0 Å². The van der Waals surface area contributed by atoms with Crippen molar-refractivity contribution in [3.8, 4) is 0 Å². The van der Waals surface area contributed by atoms with Gasteiger partial charge in [-0.05, 0) is 31.2 Å². The van der Waals surface area contributed by atoms with E-state index in [-0.39, 0.29) is 0 Å². The highest BCUT2D eigenvalue weighted by Crippen LogP contribution is 2.24. The Morgan fingerprint density at radius 2 is 1.88 bits per heavy atom. The number of benzene rings is 1. The summed E-state index contributed by atoms with van der Waals surface area (Å²) in [6.45, 7) is 3.00. The van der Waals surface area contributed by atoms with Crippen LogP contribution in [0.4, 0.5) is 17.2 Å². The van der Waals surface area contributed by atoms with Crippen molar-refractivity contribution >= 4 is 17.2 Å². The van der Waals surface area contributed by atoms with Crippen LogP contribution in [-0.2, 0) is 0 Å². The molecule has 0 radical (unpaired) electrons. The molecule has 0 bridgehead atoms. The van der Waals surface area contributed by atoms with Crippen molar-refractivity contribution < 1.29 is 0 Å². The fourth-order valence-corrected chi connectivity index (χ4v) is 1.75. The number of para-hydroxylation sites is 1. The van der Waals surface area contributed by atoms with Gasteiger partial charge in [0.15, 0.2) is 0 Å². The number of nitrogens with one attached hydrogen (secondary N) is 1. The van der Waals surface area contributed by atoms with E-state index in [2.05, 4.69) is 34.4 Å². The lowest BCUT2D eigenvalue weighted by atomic mass is 10.2. The lowest BCUT2D eigenvalue weighted by Crippen LogP contribution is -2.16. The molecular weight excluding hydrogens is 212 g/mol. The van der Waals surface area contributed by atoms with Crippen LogP contribution in [0.2, 0.25) is 0 Å². The van der Waals surface area contributed by atoms with Gasteiger partial charge in [-0.3, -0.25) is 0 Å². The average Bonchev–Trinajstić information content (AvgIpc) is 2.42. The first-order valence-corrected chi connectivity index (χ1v) is 5.60. The fraction of sp³-hybridized carbons (Fsp3) is 0.154. The molecule has 17 heavy (non-hydrogen) atoms. The van der Waals surface area contributed by atoms with Crippen LogP contribution >= 0.6 is 0 Å². The number of pyridine rings is 1. The number of hydrogen-bond acceptors (Lipinski definition) is 4. The SMILES string of the molecule is CCN(c1ccccc1)c1ccc(NN)nc1. The first-order chi connectivity index (χ1) is 8.35.